The van der Waals surface area contributed by atoms with Gasteiger partial charge in [-0.15, -0.1) is 10.2 Å². The standard InChI is InChI=1S/C10H14IN3O2.C9H11IN4O.C8H11IN2O2.C7H9IN2O2.2CH4.Na.H2O/c1-7(15)12-5-9(16)10(2,3)14-6-8(11)4-13-14;1-6-12-13-8(15-6)9(2,3)14-5-7(10)4-11-14;1-8(2,7(12)13-3)11-5-6(9)4-10-11;1-7(2,6(11)12)10-4-5(8)3-9-10;;;;/h4,6H,5H2,1-3H3,(H,12,15);4-5H,1-3H3;4-5H,1-3H3;3-4H,1-2H3,(H,11,12);2*1H4;;1H2/q;;;;;;+1;/p-1. The molecule has 0 aliphatic heterocycles. The number of carbonyl (C=O) groups is 4. The van der Waals surface area contributed by atoms with Crippen molar-refractivity contribution in [1.29, 1.82) is 0 Å². The third-order valence-corrected chi connectivity index (χ3v) is 10.2. The van der Waals surface area contributed by atoms with Crippen LogP contribution >= 0.6 is 90.4 Å². The summed E-state index contributed by atoms with van der Waals surface area (Å²) in [5.74, 6) is -0.338. The van der Waals surface area contributed by atoms with Gasteiger partial charge in [0.1, 0.15) is 11.1 Å². The number of methoxy groups -OCH3 is 1. The Morgan fingerprint density at radius 3 is 1.37 bits per heavy atom. The van der Waals surface area contributed by atoms with Gasteiger partial charge in [-0.25, -0.2) is 9.59 Å². The van der Waals surface area contributed by atoms with E-state index < -0.39 is 28.1 Å². The number of amides is 1. The summed E-state index contributed by atoms with van der Waals surface area (Å²) in [6.07, 6.45) is 14.1. The fraction of sp³-hybridized carbons (Fsp3) is 0.500. The molecule has 5 rings (SSSR count). The van der Waals surface area contributed by atoms with E-state index in [0.717, 1.165) is 14.3 Å². The van der Waals surface area contributed by atoms with E-state index in [4.69, 9.17) is 9.52 Å². The first-order valence-corrected chi connectivity index (χ1v) is 20.8. The van der Waals surface area contributed by atoms with Crippen LogP contribution in [0.3, 0.4) is 0 Å². The number of carbonyl (C=O) groups excluding carboxylic acids is 3. The molecule has 0 atom stereocenters. The molecule has 0 spiro atoms. The first-order chi connectivity index (χ1) is 25.8. The van der Waals surface area contributed by atoms with Crippen molar-refractivity contribution in [2.75, 3.05) is 13.7 Å². The molecule has 0 fully saturated rings. The Bertz CT molecular complexity index is 2060. The van der Waals surface area contributed by atoms with E-state index in [2.05, 4.69) is 131 Å². The number of ketones is 1. The molecular formula is C36H54I4N11NaO8. The largest absolute Gasteiger partial charge is 1.00 e. The molecule has 5 heterocycles. The second-order valence-electron chi connectivity index (χ2n) is 13.9. The summed E-state index contributed by atoms with van der Waals surface area (Å²) < 4.78 is 20.6. The van der Waals surface area contributed by atoms with Crippen LogP contribution in [0.1, 0.15) is 88.9 Å². The van der Waals surface area contributed by atoms with Gasteiger partial charge in [0.15, 0.2) is 16.9 Å². The van der Waals surface area contributed by atoms with Crippen LogP contribution in [0.2, 0.25) is 0 Å². The van der Waals surface area contributed by atoms with Crippen molar-refractivity contribution in [2.45, 2.75) is 106 Å². The van der Waals surface area contributed by atoms with Gasteiger partial charge in [0.05, 0.1) is 52.7 Å². The summed E-state index contributed by atoms with van der Waals surface area (Å²) in [5.41, 5.74) is -2.86. The number of rotatable bonds is 10. The predicted octanol–water partition coefficient (Wildman–Crippen LogP) is 3.69. The van der Waals surface area contributed by atoms with E-state index >= 15 is 0 Å². The number of Topliss-reactive ketones (excluding diaryl/α,β-unsaturated/α-hetero) is 1. The van der Waals surface area contributed by atoms with Gasteiger partial charge in [-0.3, -0.25) is 28.3 Å². The van der Waals surface area contributed by atoms with Crippen LogP contribution in [-0.2, 0) is 46.1 Å². The summed E-state index contributed by atoms with van der Waals surface area (Å²) in [5, 5.41) is 35.6. The monoisotopic (exact) mass is 1300 g/mol. The Hall–Kier alpha value is -2.06. The molecular weight excluding hydrogens is 1250 g/mol. The van der Waals surface area contributed by atoms with Gasteiger partial charge >= 0.3 is 41.5 Å². The molecule has 5 aromatic rings. The normalized spacial score (nSPS) is 10.8. The number of ether oxygens (including phenoxy) is 1. The van der Waals surface area contributed by atoms with Crippen molar-refractivity contribution >= 4 is 114 Å². The maximum absolute atomic E-state index is 11.9. The number of hydrogen-bond donors (Lipinski definition) is 2. The molecule has 0 unspecified atom stereocenters. The zero-order valence-corrected chi connectivity index (χ0v) is 44.8. The van der Waals surface area contributed by atoms with Gasteiger partial charge in [-0.1, -0.05) is 14.9 Å². The third-order valence-electron chi connectivity index (χ3n) is 7.93. The Kier molecular flexibility index (Phi) is 27.5. The van der Waals surface area contributed by atoms with Crippen LogP contribution in [0, 0.1) is 21.2 Å². The summed E-state index contributed by atoms with van der Waals surface area (Å²) >= 11 is 8.58. The van der Waals surface area contributed by atoms with E-state index in [1.165, 1.54) is 18.7 Å². The Balaban J connectivity index is -0.000000710. The van der Waals surface area contributed by atoms with Crippen molar-refractivity contribution in [3.8, 4) is 0 Å². The van der Waals surface area contributed by atoms with Crippen LogP contribution in [0.4, 0.5) is 0 Å². The number of esters is 1. The van der Waals surface area contributed by atoms with Gasteiger partial charge in [-0.2, -0.15) is 20.4 Å². The van der Waals surface area contributed by atoms with Crippen LogP contribution < -0.4 is 34.9 Å². The molecule has 0 aliphatic rings. The average molecular weight is 1300 g/mol. The molecule has 0 bridgehead atoms. The molecule has 330 valence electrons. The quantitative estimate of drug-likeness (QED) is 0.115. The van der Waals surface area contributed by atoms with Crippen molar-refractivity contribution in [1.82, 2.24) is 54.6 Å². The van der Waals surface area contributed by atoms with Gasteiger partial charge < -0.3 is 25.1 Å². The van der Waals surface area contributed by atoms with Crippen molar-refractivity contribution in [3.63, 3.8) is 0 Å². The number of carboxylic acid groups (broad SMARTS) is 1. The molecule has 3 N–H and O–H groups in total. The Labute approximate surface area is 427 Å². The molecule has 19 nitrogen and oxygen atoms in total. The number of carboxylic acids is 1. The van der Waals surface area contributed by atoms with Crippen molar-refractivity contribution < 1.29 is 68.5 Å². The molecule has 0 saturated heterocycles. The van der Waals surface area contributed by atoms with E-state index in [1.807, 2.05) is 24.7 Å². The maximum Gasteiger partial charge on any atom is 1.00 e. The SMILES string of the molecule is C.C.CC(=O)NCC(=O)C(C)(C)n1cc(I)cn1.CC(C)(C(=O)O)n1cc(I)cn1.COC(=O)C(C)(C)n1cc(I)cn1.Cc1nnc(C(C)(C)n2cc(I)cn2)o1.[Na+].[OH-]. The molecule has 0 aliphatic carbocycles. The minimum atomic E-state index is -0.969. The van der Waals surface area contributed by atoms with E-state index in [-0.39, 0.29) is 74.1 Å². The topological polar surface area (TPSA) is 250 Å². The van der Waals surface area contributed by atoms with E-state index in [9.17, 15) is 19.2 Å². The van der Waals surface area contributed by atoms with Crippen molar-refractivity contribution in [3.05, 3.63) is 75.6 Å². The van der Waals surface area contributed by atoms with E-state index in [1.54, 1.807) is 101 Å². The number of hydrogen-bond acceptors (Lipinski definition) is 13. The summed E-state index contributed by atoms with van der Waals surface area (Å²) in [6, 6.07) is 0. The van der Waals surface area contributed by atoms with Crippen LogP contribution in [0.25, 0.3) is 0 Å². The Morgan fingerprint density at radius 1 is 0.700 bits per heavy atom. The molecule has 5 aromatic heterocycles. The number of nitrogens with one attached hydrogen (secondary N) is 1. The molecule has 1 amide bonds. The predicted molar refractivity (Wildman–Crippen MR) is 254 cm³/mol. The molecule has 60 heavy (non-hydrogen) atoms. The van der Waals surface area contributed by atoms with E-state index in [0.29, 0.717) is 11.8 Å². The van der Waals surface area contributed by atoms with Crippen LogP contribution in [-0.4, -0.2) is 97.2 Å². The zero-order valence-electron chi connectivity index (χ0n) is 34.2. The van der Waals surface area contributed by atoms with Gasteiger partial charge in [-0.05, 0) is 146 Å². The number of nitrogens with zero attached hydrogens (tertiary/aromatic N) is 10. The maximum atomic E-state index is 11.9. The first kappa shape index (κ1) is 62.2. The Morgan fingerprint density at radius 2 is 1.07 bits per heavy atom. The van der Waals surface area contributed by atoms with Gasteiger partial charge in [0, 0.05) is 38.6 Å². The van der Waals surface area contributed by atoms with Crippen molar-refractivity contribution in [2.24, 2.45) is 0 Å². The number of aryl methyl sites for hydroxylation is 1. The number of aliphatic carboxylic acids is 1. The fourth-order valence-electron chi connectivity index (χ4n) is 4.06. The second kappa shape index (κ2) is 26.5. The fourth-order valence-corrected chi connectivity index (χ4v) is 5.61. The first-order valence-electron chi connectivity index (χ1n) is 16.5. The minimum absolute atomic E-state index is 0. The third kappa shape index (κ3) is 17.6. The molecule has 24 heteroatoms. The van der Waals surface area contributed by atoms with Gasteiger partial charge in [0.25, 0.3) is 0 Å². The minimum Gasteiger partial charge on any atom is -0.870 e. The van der Waals surface area contributed by atoms with Gasteiger partial charge in [0.2, 0.25) is 17.7 Å². The van der Waals surface area contributed by atoms with Crippen LogP contribution in [0.5, 0.6) is 0 Å². The zero-order chi connectivity index (χ0) is 42.8. The summed E-state index contributed by atoms with van der Waals surface area (Å²) in [6.45, 7) is 17.5. The molecule has 0 aromatic carbocycles. The average Bonchev–Trinajstić information content (AvgIpc) is 3.97. The summed E-state index contributed by atoms with van der Waals surface area (Å²) in [7, 11) is 1.37. The molecule has 0 radical (unpaired) electrons. The number of halogens is 4. The number of aromatic nitrogens is 10. The smallest absolute Gasteiger partial charge is 0.870 e. The summed E-state index contributed by atoms with van der Waals surface area (Å²) in [4.78, 5) is 44.8. The van der Waals surface area contributed by atoms with Crippen LogP contribution in [0.15, 0.2) is 54.0 Å². The molecule has 0 saturated carbocycles. The second-order valence-corrected chi connectivity index (χ2v) is 18.9.